The smallest absolute Gasteiger partial charge is 0.326 e. The summed E-state index contributed by atoms with van der Waals surface area (Å²) < 4.78 is 5.15. The van der Waals surface area contributed by atoms with Crippen LogP contribution in [0.3, 0.4) is 0 Å². The van der Waals surface area contributed by atoms with E-state index in [9.17, 15) is 9.59 Å². The molecular weight excluding hydrogens is 260 g/mol. The molecule has 0 bridgehead atoms. The largest absolute Gasteiger partial charge is 0.480 e. The van der Waals surface area contributed by atoms with Gasteiger partial charge in [0.1, 0.15) is 11.7 Å². The van der Waals surface area contributed by atoms with Crippen molar-refractivity contribution in [2.75, 3.05) is 6.54 Å². The maximum atomic E-state index is 12.3. The zero-order valence-electron chi connectivity index (χ0n) is 10.8. The van der Waals surface area contributed by atoms with Gasteiger partial charge in [0, 0.05) is 11.9 Å². The van der Waals surface area contributed by atoms with Crippen LogP contribution in [0.2, 0.25) is 0 Å². The first-order chi connectivity index (χ1) is 9.66. The third-order valence-electron chi connectivity index (χ3n) is 3.63. The van der Waals surface area contributed by atoms with E-state index in [2.05, 4.69) is 5.16 Å². The number of benzene rings is 1. The number of para-hydroxylation sites is 1. The number of carboxylic acid groups (broad SMARTS) is 1. The fourth-order valence-electron chi connectivity index (χ4n) is 2.63. The molecule has 1 saturated heterocycles. The molecule has 1 unspecified atom stereocenters. The van der Waals surface area contributed by atoms with Crippen molar-refractivity contribution in [3.05, 3.63) is 30.0 Å². The second-order valence-electron chi connectivity index (χ2n) is 4.89. The first-order valence-electron chi connectivity index (χ1n) is 6.52. The Morgan fingerprint density at radius 2 is 2.20 bits per heavy atom. The number of carbonyl (C=O) groups is 2. The minimum atomic E-state index is -0.944. The fourth-order valence-corrected chi connectivity index (χ4v) is 2.63. The summed E-state index contributed by atoms with van der Waals surface area (Å²) in [6.45, 7) is 0.492. The molecule has 1 atom stereocenters. The highest BCUT2D eigenvalue weighted by Gasteiger charge is 2.34. The SMILES string of the molecule is O=C(O)C1CCCN1C(=O)Cc1noc2ccccc12. The number of aliphatic carboxylic acids is 1. The van der Waals surface area contributed by atoms with Crippen molar-refractivity contribution in [2.24, 2.45) is 0 Å². The van der Waals surface area contributed by atoms with Crippen LogP contribution in [0.15, 0.2) is 28.8 Å². The summed E-state index contributed by atoms with van der Waals surface area (Å²) in [5.74, 6) is -1.16. The summed E-state index contributed by atoms with van der Waals surface area (Å²) in [6, 6.07) is 6.60. The van der Waals surface area contributed by atoms with Gasteiger partial charge < -0.3 is 14.5 Å². The van der Waals surface area contributed by atoms with E-state index in [0.717, 1.165) is 11.8 Å². The van der Waals surface area contributed by atoms with Crippen molar-refractivity contribution in [1.29, 1.82) is 0 Å². The lowest BCUT2D eigenvalue weighted by molar-refractivity contribution is -0.148. The van der Waals surface area contributed by atoms with Gasteiger partial charge in [0.2, 0.25) is 5.91 Å². The summed E-state index contributed by atoms with van der Waals surface area (Å²) in [7, 11) is 0. The first-order valence-corrected chi connectivity index (χ1v) is 6.52. The third-order valence-corrected chi connectivity index (χ3v) is 3.63. The van der Waals surface area contributed by atoms with Crippen LogP contribution in [0.1, 0.15) is 18.5 Å². The zero-order chi connectivity index (χ0) is 14.1. The van der Waals surface area contributed by atoms with Gasteiger partial charge in [-0.2, -0.15) is 0 Å². The monoisotopic (exact) mass is 274 g/mol. The molecule has 1 aromatic carbocycles. The Hall–Kier alpha value is -2.37. The van der Waals surface area contributed by atoms with Crippen molar-refractivity contribution >= 4 is 22.8 Å². The van der Waals surface area contributed by atoms with Crippen molar-refractivity contribution in [3.63, 3.8) is 0 Å². The standard InChI is InChI=1S/C14H14N2O4/c17-13(16-7-3-5-11(16)14(18)19)8-10-9-4-1-2-6-12(9)20-15-10/h1-2,4,6,11H,3,5,7-8H2,(H,18,19). The predicted molar refractivity (Wildman–Crippen MR) is 70.1 cm³/mol. The molecule has 3 rings (SSSR count). The average Bonchev–Trinajstić information content (AvgIpc) is 3.06. The number of aromatic nitrogens is 1. The van der Waals surface area contributed by atoms with Gasteiger partial charge in [-0.25, -0.2) is 4.79 Å². The molecule has 2 aromatic rings. The van der Waals surface area contributed by atoms with E-state index in [1.807, 2.05) is 18.2 Å². The number of fused-ring (bicyclic) bond motifs is 1. The molecule has 2 heterocycles. The number of nitrogens with zero attached hydrogens (tertiary/aromatic N) is 2. The number of amides is 1. The molecule has 104 valence electrons. The Kier molecular flexibility index (Phi) is 3.14. The van der Waals surface area contributed by atoms with Crippen LogP contribution in [0.5, 0.6) is 0 Å². The van der Waals surface area contributed by atoms with Gasteiger partial charge in [-0.05, 0) is 25.0 Å². The van der Waals surface area contributed by atoms with Crippen LogP contribution in [0.4, 0.5) is 0 Å². The van der Waals surface area contributed by atoms with E-state index in [1.54, 1.807) is 6.07 Å². The lowest BCUT2D eigenvalue weighted by Gasteiger charge is -2.20. The van der Waals surface area contributed by atoms with Gasteiger partial charge >= 0.3 is 5.97 Å². The number of rotatable bonds is 3. The second kappa shape index (κ2) is 4.96. The van der Waals surface area contributed by atoms with Gasteiger partial charge in [0.05, 0.1) is 6.42 Å². The van der Waals surface area contributed by atoms with Crippen LogP contribution in [-0.2, 0) is 16.0 Å². The van der Waals surface area contributed by atoms with Crippen LogP contribution in [-0.4, -0.2) is 39.6 Å². The minimum absolute atomic E-state index is 0.0702. The maximum absolute atomic E-state index is 12.3. The van der Waals surface area contributed by atoms with Crippen LogP contribution in [0.25, 0.3) is 11.0 Å². The Morgan fingerprint density at radius 1 is 1.40 bits per heavy atom. The molecule has 1 aliphatic rings. The lowest BCUT2D eigenvalue weighted by Crippen LogP contribution is -2.41. The van der Waals surface area contributed by atoms with Gasteiger partial charge in [-0.1, -0.05) is 17.3 Å². The van der Waals surface area contributed by atoms with E-state index in [0.29, 0.717) is 24.2 Å². The average molecular weight is 274 g/mol. The molecule has 0 saturated carbocycles. The Bertz CT molecular complexity index is 664. The lowest BCUT2D eigenvalue weighted by atomic mass is 10.1. The molecule has 0 radical (unpaired) electrons. The Morgan fingerprint density at radius 3 is 3.00 bits per heavy atom. The van der Waals surface area contributed by atoms with E-state index in [4.69, 9.17) is 9.63 Å². The summed E-state index contributed by atoms with van der Waals surface area (Å²) in [5.41, 5.74) is 1.19. The minimum Gasteiger partial charge on any atom is -0.480 e. The molecule has 20 heavy (non-hydrogen) atoms. The highest BCUT2D eigenvalue weighted by molar-refractivity contribution is 5.89. The van der Waals surface area contributed by atoms with Gasteiger partial charge in [-0.15, -0.1) is 0 Å². The number of likely N-dealkylation sites (tertiary alicyclic amines) is 1. The Balaban J connectivity index is 1.80. The number of carboxylic acids is 1. The summed E-state index contributed by atoms with van der Waals surface area (Å²) in [5, 5.41) is 13.8. The first kappa shape index (κ1) is 12.7. The molecule has 6 nitrogen and oxygen atoms in total. The van der Waals surface area contributed by atoms with Crippen LogP contribution in [0, 0.1) is 0 Å². The molecule has 1 N–H and O–H groups in total. The summed E-state index contributed by atoms with van der Waals surface area (Å²) in [6.07, 6.45) is 1.31. The van der Waals surface area contributed by atoms with Gasteiger partial charge in [0.15, 0.2) is 5.58 Å². The quantitative estimate of drug-likeness (QED) is 0.915. The molecule has 1 amide bonds. The van der Waals surface area contributed by atoms with Crippen molar-refractivity contribution in [1.82, 2.24) is 10.1 Å². The topological polar surface area (TPSA) is 83.6 Å². The predicted octanol–water partition coefficient (Wildman–Crippen LogP) is 1.45. The fraction of sp³-hybridized carbons (Fsp3) is 0.357. The van der Waals surface area contributed by atoms with Crippen molar-refractivity contribution in [3.8, 4) is 0 Å². The number of hydrogen-bond acceptors (Lipinski definition) is 4. The van der Waals surface area contributed by atoms with E-state index in [-0.39, 0.29) is 12.3 Å². The second-order valence-corrected chi connectivity index (χ2v) is 4.89. The molecule has 1 fully saturated rings. The molecular formula is C14H14N2O4. The van der Waals surface area contributed by atoms with Crippen LogP contribution < -0.4 is 0 Å². The van der Waals surface area contributed by atoms with Gasteiger partial charge in [0.25, 0.3) is 0 Å². The third kappa shape index (κ3) is 2.13. The maximum Gasteiger partial charge on any atom is 0.326 e. The van der Waals surface area contributed by atoms with E-state index >= 15 is 0 Å². The highest BCUT2D eigenvalue weighted by atomic mass is 16.5. The highest BCUT2D eigenvalue weighted by Crippen LogP contribution is 2.22. The van der Waals surface area contributed by atoms with Gasteiger partial charge in [-0.3, -0.25) is 4.79 Å². The molecule has 1 aliphatic heterocycles. The van der Waals surface area contributed by atoms with E-state index < -0.39 is 12.0 Å². The van der Waals surface area contributed by atoms with Crippen molar-refractivity contribution in [2.45, 2.75) is 25.3 Å². The molecule has 0 spiro atoms. The molecule has 0 aliphatic carbocycles. The molecule has 6 heteroatoms. The molecule has 1 aromatic heterocycles. The number of carbonyl (C=O) groups excluding carboxylic acids is 1. The summed E-state index contributed by atoms with van der Waals surface area (Å²) >= 11 is 0. The normalized spacial score (nSPS) is 18.6. The Labute approximate surface area is 115 Å². The van der Waals surface area contributed by atoms with Crippen LogP contribution >= 0.6 is 0 Å². The summed E-state index contributed by atoms with van der Waals surface area (Å²) in [4.78, 5) is 24.8. The van der Waals surface area contributed by atoms with E-state index in [1.165, 1.54) is 4.90 Å². The number of hydrogen-bond donors (Lipinski definition) is 1. The van der Waals surface area contributed by atoms with Crippen molar-refractivity contribution < 1.29 is 19.2 Å². The zero-order valence-corrected chi connectivity index (χ0v) is 10.8.